The Kier molecular flexibility index (Phi) is 3.04. The van der Waals surface area contributed by atoms with Gasteiger partial charge in [-0.3, -0.25) is 4.68 Å². The summed E-state index contributed by atoms with van der Waals surface area (Å²) < 4.78 is 1.83. The lowest BCUT2D eigenvalue weighted by atomic mass is 10.2. The van der Waals surface area contributed by atoms with Gasteiger partial charge in [-0.05, 0) is 37.6 Å². The van der Waals surface area contributed by atoms with Gasteiger partial charge in [-0.25, -0.2) is 0 Å². The van der Waals surface area contributed by atoms with Gasteiger partial charge in [0.15, 0.2) is 0 Å². The zero-order valence-corrected chi connectivity index (χ0v) is 10.5. The molecule has 0 saturated heterocycles. The lowest BCUT2D eigenvalue weighted by Crippen LogP contribution is -2.01. The Balaban J connectivity index is 2.09. The van der Waals surface area contributed by atoms with Crippen molar-refractivity contribution < 1.29 is 0 Å². The Labute approximate surface area is 101 Å². The fraction of sp³-hybridized carbons (Fsp3) is 0.308. The normalized spacial score (nSPS) is 10.5. The van der Waals surface area contributed by atoms with Crippen LogP contribution in [0, 0.1) is 13.8 Å². The molecule has 90 valence electrons. The molecular weight excluding hydrogens is 212 g/mol. The van der Waals surface area contributed by atoms with Crippen molar-refractivity contribution >= 4 is 11.4 Å². The van der Waals surface area contributed by atoms with Gasteiger partial charge in [0.25, 0.3) is 0 Å². The molecule has 1 aromatic heterocycles. The molecule has 0 amide bonds. The van der Waals surface area contributed by atoms with Crippen LogP contribution in [0.5, 0.6) is 0 Å². The molecule has 0 atom stereocenters. The molecule has 0 aliphatic rings. The maximum absolute atomic E-state index is 5.81. The Bertz CT molecular complexity index is 508. The summed E-state index contributed by atoms with van der Waals surface area (Å²) in [5.41, 5.74) is 11.1. The first-order valence-corrected chi connectivity index (χ1v) is 5.65. The number of nitrogens with zero attached hydrogens (tertiary/aromatic N) is 2. The number of nitrogen functional groups attached to an aromatic ring is 1. The standard InChI is InChI=1S/C13H18N4/c1-9-4-12(14)6-13(5-9)15-7-11-8-17(3)16-10(11)2/h4-6,8,15H,7,14H2,1-3H3. The number of benzene rings is 1. The van der Waals surface area contributed by atoms with E-state index < -0.39 is 0 Å². The topological polar surface area (TPSA) is 55.9 Å². The fourth-order valence-corrected chi connectivity index (χ4v) is 1.93. The summed E-state index contributed by atoms with van der Waals surface area (Å²) in [7, 11) is 1.93. The van der Waals surface area contributed by atoms with Gasteiger partial charge in [0.2, 0.25) is 0 Å². The first-order valence-electron chi connectivity index (χ1n) is 5.65. The van der Waals surface area contributed by atoms with Gasteiger partial charge in [0.05, 0.1) is 5.69 Å². The second-order valence-corrected chi connectivity index (χ2v) is 4.40. The lowest BCUT2D eigenvalue weighted by Gasteiger charge is -2.07. The highest BCUT2D eigenvalue weighted by molar-refractivity contribution is 5.56. The van der Waals surface area contributed by atoms with Gasteiger partial charge >= 0.3 is 0 Å². The van der Waals surface area contributed by atoms with Crippen LogP contribution >= 0.6 is 0 Å². The van der Waals surface area contributed by atoms with Crippen LogP contribution in [0.1, 0.15) is 16.8 Å². The van der Waals surface area contributed by atoms with E-state index in [-0.39, 0.29) is 0 Å². The molecule has 17 heavy (non-hydrogen) atoms. The monoisotopic (exact) mass is 230 g/mol. The van der Waals surface area contributed by atoms with Crippen LogP contribution in [0.2, 0.25) is 0 Å². The number of hydrogen-bond acceptors (Lipinski definition) is 3. The van der Waals surface area contributed by atoms with E-state index in [0.717, 1.165) is 29.2 Å². The molecule has 1 heterocycles. The molecule has 0 bridgehead atoms. The minimum Gasteiger partial charge on any atom is -0.399 e. The van der Waals surface area contributed by atoms with Crippen LogP contribution in [0.4, 0.5) is 11.4 Å². The van der Waals surface area contributed by atoms with Crippen LogP contribution in [-0.4, -0.2) is 9.78 Å². The average molecular weight is 230 g/mol. The van der Waals surface area contributed by atoms with Crippen LogP contribution in [0.3, 0.4) is 0 Å². The molecule has 0 unspecified atom stereocenters. The van der Waals surface area contributed by atoms with E-state index in [9.17, 15) is 0 Å². The predicted octanol–water partition coefficient (Wildman–Crippen LogP) is 2.23. The second-order valence-electron chi connectivity index (χ2n) is 4.40. The Morgan fingerprint density at radius 1 is 1.29 bits per heavy atom. The van der Waals surface area contributed by atoms with Gasteiger partial charge in [-0.2, -0.15) is 5.10 Å². The Hall–Kier alpha value is -1.97. The molecule has 3 N–H and O–H groups in total. The zero-order chi connectivity index (χ0) is 12.4. The molecule has 0 aliphatic carbocycles. The number of hydrogen-bond donors (Lipinski definition) is 2. The molecule has 0 fully saturated rings. The van der Waals surface area contributed by atoms with Gasteiger partial charge in [0, 0.05) is 36.7 Å². The molecule has 2 aromatic rings. The summed E-state index contributed by atoms with van der Waals surface area (Å²) in [6, 6.07) is 5.99. The van der Waals surface area contributed by atoms with E-state index in [0.29, 0.717) is 0 Å². The van der Waals surface area contributed by atoms with Gasteiger partial charge in [0.1, 0.15) is 0 Å². The summed E-state index contributed by atoms with van der Waals surface area (Å²) in [4.78, 5) is 0. The van der Waals surface area contributed by atoms with E-state index in [1.54, 1.807) is 0 Å². The largest absolute Gasteiger partial charge is 0.399 e. The smallest absolute Gasteiger partial charge is 0.0643 e. The summed E-state index contributed by atoms with van der Waals surface area (Å²) in [5, 5.41) is 7.67. The van der Waals surface area contributed by atoms with Crippen molar-refractivity contribution in [1.82, 2.24) is 9.78 Å². The quantitative estimate of drug-likeness (QED) is 0.795. The Morgan fingerprint density at radius 2 is 2.06 bits per heavy atom. The van der Waals surface area contributed by atoms with Crippen LogP contribution in [-0.2, 0) is 13.6 Å². The molecule has 4 heteroatoms. The highest BCUT2D eigenvalue weighted by Crippen LogP contribution is 2.17. The van der Waals surface area contributed by atoms with Crippen LogP contribution in [0.25, 0.3) is 0 Å². The summed E-state index contributed by atoms with van der Waals surface area (Å²) in [5.74, 6) is 0. The summed E-state index contributed by atoms with van der Waals surface area (Å²) in [6.07, 6.45) is 2.03. The maximum atomic E-state index is 5.81. The van der Waals surface area contributed by atoms with Crippen molar-refractivity contribution in [2.45, 2.75) is 20.4 Å². The number of rotatable bonds is 3. The van der Waals surface area contributed by atoms with Crippen molar-refractivity contribution in [2.75, 3.05) is 11.1 Å². The third-order valence-electron chi connectivity index (χ3n) is 2.70. The number of anilines is 2. The van der Waals surface area contributed by atoms with E-state index in [1.165, 1.54) is 5.56 Å². The van der Waals surface area contributed by atoms with E-state index >= 15 is 0 Å². The number of nitrogens with two attached hydrogens (primary N) is 1. The molecule has 2 rings (SSSR count). The van der Waals surface area contributed by atoms with E-state index in [4.69, 9.17) is 5.73 Å². The molecule has 0 saturated carbocycles. The maximum Gasteiger partial charge on any atom is 0.0643 e. The van der Waals surface area contributed by atoms with Crippen LogP contribution < -0.4 is 11.1 Å². The van der Waals surface area contributed by atoms with E-state index in [1.807, 2.05) is 43.9 Å². The molecule has 0 spiro atoms. The molecular formula is C13H18N4. The highest BCUT2D eigenvalue weighted by atomic mass is 15.2. The van der Waals surface area contributed by atoms with Gasteiger partial charge in [-0.15, -0.1) is 0 Å². The SMILES string of the molecule is Cc1cc(N)cc(NCc2cn(C)nc2C)c1. The van der Waals surface area contributed by atoms with Crippen molar-refractivity contribution in [3.8, 4) is 0 Å². The average Bonchev–Trinajstić information content (AvgIpc) is 2.53. The fourth-order valence-electron chi connectivity index (χ4n) is 1.93. The van der Waals surface area contributed by atoms with Crippen molar-refractivity contribution in [1.29, 1.82) is 0 Å². The van der Waals surface area contributed by atoms with Crippen molar-refractivity contribution in [3.63, 3.8) is 0 Å². The number of aryl methyl sites for hydroxylation is 3. The van der Waals surface area contributed by atoms with E-state index in [2.05, 4.69) is 16.5 Å². The molecule has 1 aromatic carbocycles. The van der Waals surface area contributed by atoms with Gasteiger partial charge in [-0.1, -0.05) is 0 Å². The first-order chi connectivity index (χ1) is 8.04. The highest BCUT2D eigenvalue weighted by Gasteiger charge is 2.03. The molecule has 0 aliphatic heterocycles. The first kappa shape index (κ1) is 11.5. The molecule has 4 nitrogen and oxygen atoms in total. The second kappa shape index (κ2) is 4.49. The lowest BCUT2D eigenvalue weighted by molar-refractivity contribution is 0.756. The van der Waals surface area contributed by atoms with Crippen LogP contribution in [0.15, 0.2) is 24.4 Å². The van der Waals surface area contributed by atoms with Gasteiger partial charge < -0.3 is 11.1 Å². The minimum absolute atomic E-state index is 0.766. The molecule has 0 radical (unpaired) electrons. The zero-order valence-electron chi connectivity index (χ0n) is 10.5. The third kappa shape index (κ3) is 2.78. The predicted molar refractivity (Wildman–Crippen MR) is 70.9 cm³/mol. The van der Waals surface area contributed by atoms with Crippen molar-refractivity contribution in [2.24, 2.45) is 7.05 Å². The summed E-state index contributed by atoms with van der Waals surface area (Å²) >= 11 is 0. The third-order valence-corrected chi connectivity index (χ3v) is 2.70. The summed E-state index contributed by atoms with van der Waals surface area (Å²) in [6.45, 7) is 4.82. The number of aromatic nitrogens is 2. The Morgan fingerprint density at radius 3 is 2.65 bits per heavy atom. The number of nitrogens with one attached hydrogen (secondary N) is 1. The van der Waals surface area contributed by atoms with Crippen molar-refractivity contribution in [3.05, 3.63) is 41.2 Å². The minimum atomic E-state index is 0.766.